The van der Waals surface area contributed by atoms with Crippen LogP contribution in [0.5, 0.6) is 0 Å². The molecule has 0 radical (unpaired) electrons. The predicted octanol–water partition coefficient (Wildman–Crippen LogP) is 5.11. The maximum atomic E-state index is 11.9. The van der Waals surface area contributed by atoms with Crippen molar-refractivity contribution in [3.63, 3.8) is 0 Å². The fourth-order valence-electron chi connectivity index (χ4n) is 1.84. The maximum Gasteiger partial charge on any atom is 0.323 e. The molecule has 104 valence electrons. The highest BCUT2D eigenvalue weighted by molar-refractivity contribution is 6.30. The van der Waals surface area contributed by atoms with Crippen molar-refractivity contribution in [2.75, 3.05) is 10.6 Å². The van der Waals surface area contributed by atoms with Crippen LogP contribution in [0.2, 0.25) is 5.02 Å². The second kappa shape index (κ2) is 6.44. The zero-order chi connectivity index (χ0) is 14.5. The molecule has 3 nitrogen and oxygen atoms in total. The minimum absolute atomic E-state index is 0.284. The number of hydrogen-bond donors (Lipinski definition) is 2. The summed E-state index contributed by atoms with van der Waals surface area (Å²) in [5.41, 5.74) is 2.62. The van der Waals surface area contributed by atoms with Crippen molar-refractivity contribution in [1.29, 1.82) is 0 Å². The molecule has 0 saturated carbocycles. The molecule has 0 saturated heterocycles. The van der Waals surface area contributed by atoms with Gasteiger partial charge in [-0.3, -0.25) is 0 Å². The van der Waals surface area contributed by atoms with Gasteiger partial charge in [-0.25, -0.2) is 4.79 Å². The van der Waals surface area contributed by atoms with Gasteiger partial charge in [0.25, 0.3) is 0 Å². The molecule has 2 amide bonds. The highest BCUT2D eigenvalue weighted by Crippen LogP contribution is 2.19. The van der Waals surface area contributed by atoms with E-state index in [2.05, 4.69) is 24.5 Å². The van der Waals surface area contributed by atoms with E-state index in [1.54, 1.807) is 24.3 Å². The van der Waals surface area contributed by atoms with E-state index in [1.807, 2.05) is 24.3 Å². The number of nitrogens with one attached hydrogen (secondary N) is 2. The van der Waals surface area contributed by atoms with E-state index in [-0.39, 0.29) is 6.03 Å². The third kappa shape index (κ3) is 4.00. The SMILES string of the molecule is CC(C)c1cccc(NC(=O)Nc2cccc(Cl)c2)c1. The van der Waals surface area contributed by atoms with Crippen molar-refractivity contribution < 1.29 is 4.79 Å². The second-order valence-electron chi connectivity index (χ2n) is 4.87. The van der Waals surface area contributed by atoms with Gasteiger partial charge in [0.1, 0.15) is 0 Å². The fraction of sp³-hybridized carbons (Fsp3) is 0.188. The minimum atomic E-state index is -0.284. The quantitative estimate of drug-likeness (QED) is 0.810. The Bertz CT molecular complexity index is 611. The number of carbonyl (C=O) groups is 1. The summed E-state index contributed by atoms with van der Waals surface area (Å²) in [7, 11) is 0. The van der Waals surface area contributed by atoms with Crippen LogP contribution >= 0.6 is 11.6 Å². The Kier molecular flexibility index (Phi) is 4.64. The summed E-state index contributed by atoms with van der Waals surface area (Å²) >= 11 is 5.87. The molecule has 2 N–H and O–H groups in total. The van der Waals surface area contributed by atoms with Crippen molar-refractivity contribution in [1.82, 2.24) is 0 Å². The Morgan fingerprint density at radius 3 is 2.20 bits per heavy atom. The number of benzene rings is 2. The van der Waals surface area contributed by atoms with Gasteiger partial charge in [-0.1, -0.05) is 43.6 Å². The Morgan fingerprint density at radius 1 is 1.00 bits per heavy atom. The van der Waals surface area contributed by atoms with E-state index < -0.39 is 0 Å². The van der Waals surface area contributed by atoms with Crippen molar-refractivity contribution in [3.05, 3.63) is 59.1 Å². The molecule has 4 heteroatoms. The lowest BCUT2D eigenvalue weighted by atomic mass is 10.0. The van der Waals surface area contributed by atoms with Crippen LogP contribution in [0.4, 0.5) is 16.2 Å². The van der Waals surface area contributed by atoms with E-state index in [9.17, 15) is 4.79 Å². The van der Waals surface area contributed by atoms with Crippen molar-refractivity contribution in [2.45, 2.75) is 19.8 Å². The van der Waals surface area contributed by atoms with Crippen LogP contribution in [0.3, 0.4) is 0 Å². The second-order valence-corrected chi connectivity index (χ2v) is 5.31. The number of rotatable bonds is 3. The van der Waals surface area contributed by atoms with Crippen molar-refractivity contribution >= 4 is 29.0 Å². The number of carbonyl (C=O) groups excluding carboxylic acids is 1. The number of urea groups is 1. The summed E-state index contributed by atoms with van der Waals surface area (Å²) in [5.74, 6) is 0.424. The fourth-order valence-corrected chi connectivity index (χ4v) is 2.03. The normalized spacial score (nSPS) is 10.4. The number of amides is 2. The van der Waals surface area contributed by atoms with Crippen LogP contribution in [0, 0.1) is 0 Å². The molecule has 0 aliphatic rings. The minimum Gasteiger partial charge on any atom is -0.308 e. The lowest BCUT2D eigenvalue weighted by molar-refractivity contribution is 0.262. The molecule has 0 aliphatic carbocycles. The molecule has 2 aromatic carbocycles. The number of anilines is 2. The van der Waals surface area contributed by atoms with Crippen LogP contribution in [-0.2, 0) is 0 Å². The van der Waals surface area contributed by atoms with Gasteiger partial charge in [-0.05, 0) is 41.8 Å². The van der Waals surface area contributed by atoms with Crippen LogP contribution in [0.25, 0.3) is 0 Å². The summed E-state index contributed by atoms with van der Waals surface area (Å²) in [6.45, 7) is 4.23. The number of halogens is 1. The topological polar surface area (TPSA) is 41.1 Å². The first-order valence-corrected chi connectivity index (χ1v) is 6.86. The highest BCUT2D eigenvalue weighted by Gasteiger charge is 2.05. The molecule has 0 fully saturated rings. The maximum absolute atomic E-state index is 11.9. The Morgan fingerprint density at radius 2 is 1.60 bits per heavy atom. The van der Waals surface area contributed by atoms with Crippen LogP contribution in [0.15, 0.2) is 48.5 Å². The smallest absolute Gasteiger partial charge is 0.308 e. The first kappa shape index (κ1) is 14.4. The zero-order valence-corrected chi connectivity index (χ0v) is 12.2. The van der Waals surface area contributed by atoms with Crippen molar-refractivity contribution in [2.24, 2.45) is 0 Å². The van der Waals surface area contributed by atoms with Gasteiger partial charge in [-0.15, -0.1) is 0 Å². The molecular formula is C16H17ClN2O. The first-order valence-electron chi connectivity index (χ1n) is 6.48. The Labute approximate surface area is 124 Å². The predicted molar refractivity (Wildman–Crippen MR) is 84.6 cm³/mol. The molecule has 0 spiro atoms. The summed E-state index contributed by atoms with van der Waals surface area (Å²) in [6.07, 6.45) is 0. The molecular weight excluding hydrogens is 272 g/mol. The third-order valence-corrected chi connectivity index (χ3v) is 3.13. The third-order valence-electron chi connectivity index (χ3n) is 2.89. The van der Waals surface area contributed by atoms with Crippen LogP contribution in [0.1, 0.15) is 25.3 Å². The Balaban J connectivity index is 2.03. The van der Waals surface area contributed by atoms with Gasteiger partial charge in [-0.2, -0.15) is 0 Å². The molecule has 0 unspecified atom stereocenters. The summed E-state index contributed by atoms with van der Waals surface area (Å²) in [5, 5.41) is 6.15. The largest absolute Gasteiger partial charge is 0.323 e. The van der Waals surface area contributed by atoms with Gasteiger partial charge in [0, 0.05) is 16.4 Å². The molecule has 2 rings (SSSR count). The molecule has 0 bridgehead atoms. The van der Waals surface area contributed by atoms with E-state index in [0.717, 1.165) is 5.69 Å². The van der Waals surface area contributed by atoms with E-state index in [4.69, 9.17) is 11.6 Å². The average molecular weight is 289 g/mol. The van der Waals surface area contributed by atoms with Gasteiger partial charge in [0.05, 0.1) is 0 Å². The monoisotopic (exact) mass is 288 g/mol. The standard InChI is InChI=1S/C16H17ClN2O/c1-11(2)12-5-3-7-14(9-12)18-16(20)19-15-8-4-6-13(17)10-15/h3-11H,1-2H3,(H2,18,19,20). The molecule has 0 heterocycles. The van der Waals surface area contributed by atoms with Crippen LogP contribution in [-0.4, -0.2) is 6.03 Å². The average Bonchev–Trinajstić information content (AvgIpc) is 2.38. The van der Waals surface area contributed by atoms with Gasteiger partial charge in [0.2, 0.25) is 0 Å². The van der Waals surface area contributed by atoms with Gasteiger partial charge >= 0.3 is 6.03 Å². The van der Waals surface area contributed by atoms with E-state index in [1.165, 1.54) is 5.56 Å². The Hall–Kier alpha value is -2.00. The molecule has 0 aliphatic heterocycles. The van der Waals surface area contributed by atoms with E-state index in [0.29, 0.717) is 16.6 Å². The molecule has 0 atom stereocenters. The first-order chi connectivity index (χ1) is 9.54. The van der Waals surface area contributed by atoms with E-state index >= 15 is 0 Å². The molecule has 0 aromatic heterocycles. The summed E-state index contributed by atoms with van der Waals surface area (Å²) < 4.78 is 0. The zero-order valence-electron chi connectivity index (χ0n) is 11.5. The molecule has 2 aromatic rings. The van der Waals surface area contributed by atoms with Crippen molar-refractivity contribution in [3.8, 4) is 0 Å². The van der Waals surface area contributed by atoms with Gasteiger partial charge in [0.15, 0.2) is 0 Å². The summed E-state index contributed by atoms with van der Waals surface area (Å²) in [6, 6.07) is 14.6. The lowest BCUT2D eigenvalue weighted by Crippen LogP contribution is -2.19. The van der Waals surface area contributed by atoms with Gasteiger partial charge < -0.3 is 10.6 Å². The van der Waals surface area contributed by atoms with Crippen LogP contribution < -0.4 is 10.6 Å². The lowest BCUT2D eigenvalue weighted by Gasteiger charge is -2.10. The molecule has 20 heavy (non-hydrogen) atoms. The summed E-state index contributed by atoms with van der Waals surface area (Å²) in [4.78, 5) is 11.9. The number of hydrogen-bond acceptors (Lipinski definition) is 1. The highest BCUT2D eigenvalue weighted by atomic mass is 35.5.